The summed E-state index contributed by atoms with van der Waals surface area (Å²) in [6.45, 7) is 2.81. The molecule has 2 aromatic carbocycles. The molecule has 0 aliphatic heterocycles. The van der Waals surface area contributed by atoms with Crippen LogP contribution in [0.3, 0.4) is 0 Å². The Balaban J connectivity index is 2.51. The molecule has 0 bridgehead atoms. The van der Waals surface area contributed by atoms with Crippen molar-refractivity contribution in [3.8, 4) is 11.5 Å². The first-order valence-corrected chi connectivity index (χ1v) is 13.0. The molecule has 2 rings (SSSR count). The molecule has 0 radical (unpaired) electrons. The summed E-state index contributed by atoms with van der Waals surface area (Å²) in [6, 6.07) is 13.6. The van der Waals surface area contributed by atoms with Gasteiger partial charge in [-0.25, -0.2) is 0 Å². The largest absolute Gasteiger partial charge is 0.497 e. The molecule has 0 aliphatic rings. The molecule has 0 saturated heterocycles. The molecule has 8 heteroatoms. The molecular formula is C31H38O8. The molecule has 0 aliphatic carbocycles. The quantitative estimate of drug-likeness (QED) is 0.183. The summed E-state index contributed by atoms with van der Waals surface area (Å²) < 4.78 is 15.9. The number of rotatable bonds is 16. The highest BCUT2D eigenvalue weighted by Crippen LogP contribution is 2.27. The molecule has 0 saturated carbocycles. The second-order valence-corrected chi connectivity index (χ2v) is 9.04. The highest BCUT2D eigenvalue weighted by Gasteiger charge is 2.53. The minimum Gasteiger partial charge on any atom is -0.497 e. The van der Waals surface area contributed by atoms with E-state index in [-0.39, 0.29) is 0 Å². The van der Waals surface area contributed by atoms with Gasteiger partial charge in [0.2, 0.25) is 11.6 Å². The van der Waals surface area contributed by atoms with Crippen molar-refractivity contribution in [3.05, 3.63) is 71.8 Å². The summed E-state index contributed by atoms with van der Waals surface area (Å²) in [7, 11) is 3.06. The zero-order valence-corrected chi connectivity index (χ0v) is 23.0. The normalized spacial score (nSPS) is 14.5. The fourth-order valence-corrected chi connectivity index (χ4v) is 3.95. The SMILES string of the molecule is CCCCC(CC)C(=O)OC(C(=O)C=Cc1ccc(OC)cc1)(C(=O)C=Cc1ccc(OC)cc1)C(O)CO. The van der Waals surface area contributed by atoms with Crippen LogP contribution in [0.4, 0.5) is 0 Å². The Hall–Kier alpha value is -3.75. The smallest absolute Gasteiger partial charge is 0.310 e. The van der Waals surface area contributed by atoms with Crippen LogP contribution in [0, 0.1) is 5.92 Å². The number of aliphatic hydroxyl groups excluding tert-OH is 2. The van der Waals surface area contributed by atoms with Crippen LogP contribution in [0.5, 0.6) is 11.5 Å². The van der Waals surface area contributed by atoms with E-state index in [1.807, 2.05) is 13.8 Å². The first-order chi connectivity index (χ1) is 18.7. The molecule has 2 atom stereocenters. The molecule has 8 nitrogen and oxygen atoms in total. The summed E-state index contributed by atoms with van der Waals surface area (Å²) in [4.78, 5) is 40.5. The van der Waals surface area contributed by atoms with Gasteiger partial charge in [-0.05, 0) is 60.4 Å². The number of benzene rings is 2. The van der Waals surface area contributed by atoms with Gasteiger partial charge in [0, 0.05) is 0 Å². The molecule has 2 unspecified atom stereocenters. The number of carbonyl (C=O) groups is 3. The summed E-state index contributed by atoms with van der Waals surface area (Å²) in [6.07, 6.45) is 5.54. The highest BCUT2D eigenvalue weighted by atomic mass is 16.6. The van der Waals surface area contributed by atoms with Gasteiger partial charge in [0.15, 0.2) is 0 Å². The Kier molecular flexibility index (Phi) is 12.6. The summed E-state index contributed by atoms with van der Waals surface area (Å²) in [5, 5.41) is 20.7. The van der Waals surface area contributed by atoms with Gasteiger partial charge in [0.05, 0.1) is 26.7 Å². The highest BCUT2D eigenvalue weighted by molar-refractivity contribution is 6.21. The van der Waals surface area contributed by atoms with E-state index in [0.717, 1.165) is 25.0 Å². The molecular weight excluding hydrogens is 500 g/mol. The third-order valence-corrected chi connectivity index (χ3v) is 6.45. The van der Waals surface area contributed by atoms with Crippen LogP contribution in [-0.4, -0.2) is 60.3 Å². The predicted octanol–water partition coefficient (Wildman–Crippen LogP) is 4.42. The fraction of sp³-hybridized carbons (Fsp3) is 0.387. The Morgan fingerprint density at radius 2 is 1.31 bits per heavy atom. The van der Waals surface area contributed by atoms with Crippen molar-refractivity contribution in [1.82, 2.24) is 0 Å². The van der Waals surface area contributed by atoms with Crippen molar-refractivity contribution in [2.75, 3.05) is 20.8 Å². The average molecular weight is 539 g/mol. The van der Waals surface area contributed by atoms with Gasteiger partial charge in [-0.15, -0.1) is 0 Å². The second kappa shape index (κ2) is 15.6. The first-order valence-electron chi connectivity index (χ1n) is 13.0. The van der Waals surface area contributed by atoms with Crippen molar-refractivity contribution in [3.63, 3.8) is 0 Å². The maximum absolute atomic E-state index is 13.6. The lowest BCUT2D eigenvalue weighted by atomic mass is 9.85. The Labute approximate surface area is 229 Å². The van der Waals surface area contributed by atoms with E-state index in [1.165, 1.54) is 26.4 Å². The minimum absolute atomic E-state index is 0.426. The summed E-state index contributed by atoms with van der Waals surface area (Å²) >= 11 is 0. The number of hydrogen-bond donors (Lipinski definition) is 2. The van der Waals surface area contributed by atoms with Crippen LogP contribution in [0.2, 0.25) is 0 Å². The summed E-state index contributed by atoms with van der Waals surface area (Å²) in [5.41, 5.74) is -1.45. The van der Waals surface area contributed by atoms with E-state index in [9.17, 15) is 24.6 Å². The predicted molar refractivity (Wildman–Crippen MR) is 149 cm³/mol. The first kappa shape index (κ1) is 31.5. The van der Waals surface area contributed by atoms with Gasteiger partial charge < -0.3 is 24.4 Å². The number of ether oxygens (including phenoxy) is 3. The number of unbranched alkanes of at least 4 members (excludes halogenated alkanes) is 1. The third kappa shape index (κ3) is 8.37. The molecule has 0 amide bonds. The van der Waals surface area contributed by atoms with E-state index in [0.29, 0.717) is 35.5 Å². The number of ketones is 2. The van der Waals surface area contributed by atoms with Crippen molar-refractivity contribution >= 4 is 29.7 Å². The maximum Gasteiger partial charge on any atom is 0.310 e. The van der Waals surface area contributed by atoms with Gasteiger partial charge in [0.1, 0.15) is 17.6 Å². The van der Waals surface area contributed by atoms with Crippen LogP contribution in [-0.2, 0) is 19.1 Å². The second-order valence-electron chi connectivity index (χ2n) is 9.04. The minimum atomic E-state index is -2.67. The third-order valence-electron chi connectivity index (χ3n) is 6.45. The molecule has 39 heavy (non-hydrogen) atoms. The van der Waals surface area contributed by atoms with Crippen LogP contribution in [0.1, 0.15) is 50.7 Å². The molecule has 0 spiro atoms. The Morgan fingerprint density at radius 1 is 0.846 bits per heavy atom. The van der Waals surface area contributed by atoms with Crippen molar-refractivity contribution in [2.45, 2.75) is 51.2 Å². The van der Waals surface area contributed by atoms with Crippen molar-refractivity contribution in [2.24, 2.45) is 5.92 Å². The lowest BCUT2D eigenvalue weighted by molar-refractivity contribution is -0.187. The molecule has 0 fully saturated rings. The Bertz CT molecular complexity index is 1060. The van der Waals surface area contributed by atoms with Gasteiger partial charge in [-0.2, -0.15) is 0 Å². The lowest BCUT2D eigenvalue weighted by Gasteiger charge is -2.33. The van der Waals surface area contributed by atoms with Gasteiger partial charge >= 0.3 is 5.97 Å². The number of aliphatic hydroxyl groups is 2. The van der Waals surface area contributed by atoms with Gasteiger partial charge in [0.25, 0.3) is 5.60 Å². The zero-order chi connectivity index (χ0) is 28.8. The van der Waals surface area contributed by atoms with Crippen molar-refractivity contribution < 1.29 is 38.8 Å². The van der Waals surface area contributed by atoms with Crippen molar-refractivity contribution in [1.29, 1.82) is 0 Å². The Morgan fingerprint density at radius 3 is 1.67 bits per heavy atom. The molecule has 0 heterocycles. The number of methoxy groups -OCH3 is 2. The van der Waals surface area contributed by atoms with Crippen LogP contribution >= 0.6 is 0 Å². The van der Waals surface area contributed by atoms with E-state index >= 15 is 0 Å². The van der Waals surface area contributed by atoms with Gasteiger partial charge in [-0.1, -0.05) is 63.1 Å². The van der Waals surface area contributed by atoms with Crippen LogP contribution in [0.25, 0.3) is 12.2 Å². The van der Waals surface area contributed by atoms with Crippen LogP contribution < -0.4 is 9.47 Å². The topological polar surface area (TPSA) is 119 Å². The van der Waals surface area contributed by atoms with Gasteiger partial charge in [-0.3, -0.25) is 14.4 Å². The summed E-state index contributed by atoms with van der Waals surface area (Å²) in [5.74, 6) is -2.06. The lowest BCUT2D eigenvalue weighted by Crippen LogP contribution is -2.59. The molecule has 2 N–H and O–H groups in total. The molecule has 2 aromatic rings. The molecule has 0 aromatic heterocycles. The fourth-order valence-electron chi connectivity index (χ4n) is 3.95. The number of esters is 1. The number of carbonyl (C=O) groups excluding carboxylic acids is 3. The zero-order valence-electron chi connectivity index (χ0n) is 23.0. The van der Waals surface area contributed by atoms with E-state index in [2.05, 4.69) is 0 Å². The van der Waals surface area contributed by atoms with Crippen LogP contribution in [0.15, 0.2) is 60.7 Å². The standard InChI is InChI=1S/C31H38O8/c1-5-7-8-24(6-2)30(36)39-31(29(35)21-32,27(33)19-13-22-9-15-25(37-3)16-10-22)28(34)20-14-23-11-17-26(38-4)18-12-23/h9-20,24,29,32,35H,5-8,21H2,1-4H3. The van der Waals surface area contributed by atoms with E-state index in [4.69, 9.17) is 14.2 Å². The number of hydrogen-bond acceptors (Lipinski definition) is 8. The molecule has 210 valence electrons. The monoisotopic (exact) mass is 538 g/mol. The maximum atomic E-state index is 13.6. The average Bonchev–Trinajstić information content (AvgIpc) is 2.97. The van der Waals surface area contributed by atoms with E-state index in [1.54, 1.807) is 48.5 Å². The van der Waals surface area contributed by atoms with E-state index < -0.39 is 41.8 Å².